The van der Waals surface area contributed by atoms with Crippen LogP contribution in [0.1, 0.15) is 14.3 Å². The summed E-state index contributed by atoms with van der Waals surface area (Å²) in [6.45, 7) is 0.928. The molecule has 0 amide bonds. The van der Waals surface area contributed by atoms with Gasteiger partial charge in [0.2, 0.25) is 0 Å². The van der Waals surface area contributed by atoms with E-state index in [4.69, 9.17) is 5.11 Å². The number of likely N-dealkylation sites (tertiary alicyclic amines) is 1. The van der Waals surface area contributed by atoms with Crippen LogP contribution < -0.4 is 51.4 Å². The summed E-state index contributed by atoms with van der Waals surface area (Å²) in [5.41, 5.74) is 0. The molecule has 1 aliphatic heterocycles. The van der Waals surface area contributed by atoms with Gasteiger partial charge in [0.25, 0.3) is 0 Å². The fourth-order valence-corrected chi connectivity index (χ4v) is 1.22. The smallest absolute Gasteiger partial charge is 1.00 e. The van der Waals surface area contributed by atoms with Crippen LogP contribution in [0.25, 0.3) is 0 Å². The Morgan fingerprint density at radius 1 is 1.80 bits per heavy atom. The molecule has 1 fully saturated rings. The fraction of sp³-hybridized carbons (Fsp3) is 0.833. The van der Waals surface area contributed by atoms with Crippen LogP contribution >= 0.6 is 0 Å². The molecule has 10 heavy (non-hydrogen) atoms. The summed E-state index contributed by atoms with van der Waals surface area (Å²) in [6, 6.07) is -0.218. The Morgan fingerprint density at radius 2 is 2.40 bits per heavy atom. The Hall–Kier alpha value is 1.07. The van der Waals surface area contributed by atoms with Crippen LogP contribution in [0.15, 0.2) is 0 Å². The summed E-state index contributed by atoms with van der Waals surface area (Å²) >= 11 is 0. The Morgan fingerprint density at radius 3 is 2.60 bits per heavy atom. The first-order valence-corrected chi connectivity index (χ1v) is 3.15. The fourth-order valence-electron chi connectivity index (χ4n) is 1.22. The van der Waals surface area contributed by atoms with Crippen molar-refractivity contribution in [1.82, 2.24) is 4.90 Å². The molecule has 0 aromatic rings. The van der Waals surface area contributed by atoms with E-state index >= 15 is 0 Å². The average molecular weight is 169 g/mol. The molecular weight excluding hydrogens is 157 g/mol. The Labute approximate surface area is 105 Å². The third-order valence-corrected chi connectivity index (χ3v) is 1.81. The number of carbonyl (C=O) groups is 1. The molecule has 3 nitrogen and oxygen atoms in total. The van der Waals surface area contributed by atoms with Gasteiger partial charge in [0.1, 0.15) is 6.04 Å². The van der Waals surface area contributed by atoms with Crippen molar-refractivity contribution in [2.75, 3.05) is 13.6 Å². The normalized spacial score (nSPS) is 25.9. The largest absolute Gasteiger partial charge is 1.00 e. The quantitative estimate of drug-likeness (QED) is 0.434. The molecule has 4 heteroatoms. The second kappa shape index (κ2) is 4.85. The molecule has 54 valence electrons. The molecule has 0 aromatic heterocycles. The van der Waals surface area contributed by atoms with E-state index < -0.39 is 5.97 Å². The number of carboxylic acid groups (broad SMARTS) is 1. The van der Waals surface area contributed by atoms with Gasteiger partial charge >= 0.3 is 57.4 Å². The summed E-state index contributed by atoms with van der Waals surface area (Å²) in [7, 11) is 1.85. The van der Waals surface area contributed by atoms with Gasteiger partial charge in [-0.1, -0.05) is 0 Å². The van der Waals surface area contributed by atoms with Gasteiger partial charge in [-0.15, -0.1) is 0 Å². The van der Waals surface area contributed by atoms with Crippen molar-refractivity contribution in [2.24, 2.45) is 0 Å². The van der Waals surface area contributed by atoms with Crippen molar-refractivity contribution >= 4 is 5.97 Å². The molecule has 1 N–H and O–H groups in total. The first-order valence-electron chi connectivity index (χ1n) is 3.15. The number of likely N-dealkylation sites (N-methyl/N-ethyl adjacent to an activating group) is 1. The first-order chi connectivity index (χ1) is 4.22. The first kappa shape index (κ1) is 11.1. The van der Waals surface area contributed by atoms with E-state index in [2.05, 4.69) is 0 Å². The summed E-state index contributed by atoms with van der Waals surface area (Å²) < 4.78 is 0. The third kappa shape index (κ3) is 2.60. The minimum absolute atomic E-state index is 0. The van der Waals surface area contributed by atoms with Gasteiger partial charge in [0, 0.05) is 0 Å². The number of rotatable bonds is 1. The number of aliphatic carboxylic acids is 1. The van der Waals surface area contributed by atoms with Crippen LogP contribution in [0.3, 0.4) is 0 Å². The van der Waals surface area contributed by atoms with Gasteiger partial charge in [-0.05, 0) is 26.4 Å². The van der Waals surface area contributed by atoms with Crippen molar-refractivity contribution in [3.05, 3.63) is 0 Å². The van der Waals surface area contributed by atoms with Crippen LogP contribution in [0.5, 0.6) is 0 Å². The summed E-state index contributed by atoms with van der Waals surface area (Å²) in [5.74, 6) is -0.685. The second-order valence-electron chi connectivity index (χ2n) is 2.48. The molecule has 0 radical (unpaired) electrons. The predicted octanol–water partition coefficient (Wildman–Crippen LogP) is -2.72. The van der Waals surface area contributed by atoms with E-state index in [-0.39, 0.29) is 58.9 Å². The van der Waals surface area contributed by atoms with Gasteiger partial charge in [0.15, 0.2) is 0 Å². The molecule has 0 unspecified atom stereocenters. The van der Waals surface area contributed by atoms with Gasteiger partial charge in [0.05, 0.1) is 0 Å². The SMILES string of the molecule is CN1CCC[C@H]1C(=O)O.[H-].[K+]. The molecule has 0 spiro atoms. The van der Waals surface area contributed by atoms with Gasteiger partial charge < -0.3 is 6.53 Å². The minimum atomic E-state index is -0.685. The van der Waals surface area contributed by atoms with Crippen LogP contribution in [-0.2, 0) is 4.79 Å². The molecule has 0 bridgehead atoms. The molecule has 1 heterocycles. The zero-order chi connectivity index (χ0) is 6.85. The molecule has 1 aliphatic rings. The maximum Gasteiger partial charge on any atom is 1.00 e. The van der Waals surface area contributed by atoms with Crippen molar-refractivity contribution in [1.29, 1.82) is 0 Å². The summed E-state index contributed by atoms with van der Waals surface area (Å²) in [5, 5.41) is 8.54. The molecule has 0 saturated carbocycles. The standard InChI is InChI=1S/C6H11NO2.K.H/c1-7-4-2-3-5(7)6(8)9;;/h5H,2-4H2,1H3,(H,8,9);;/q;+1;-1/t5-;;/m0../s1. The van der Waals surface area contributed by atoms with Crippen molar-refractivity contribution in [3.63, 3.8) is 0 Å². The van der Waals surface area contributed by atoms with Gasteiger partial charge in [-0.2, -0.15) is 0 Å². The Balaban J connectivity index is 0. The summed E-state index contributed by atoms with van der Waals surface area (Å²) in [6.07, 6.45) is 1.83. The van der Waals surface area contributed by atoms with Crippen molar-refractivity contribution in [2.45, 2.75) is 18.9 Å². The van der Waals surface area contributed by atoms with E-state index in [1.165, 1.54) is 0 Å². The molecule has 1 atom stereocenters. The van der Waals surface area contributed by atoms with E-state index in [9.17, 15) is 4.79 Å². The van der Waals surface area contributed by atoms with Crippen molar-refractivity contribution in [3.8, 4) is 0 Å². The number of hydrogen-bond acceptors (Lipinski definition) is 2. The predicted molar refractivity (Wildman–Crippen MR) is 34.4 cm³/mol. The zero-order valence-electron chi connectivity index (χ0n) is 7.50. The molecule has 0 aliphatic carbocycles. The molecule has 1 saturated heterocycles. The minimum Gasteiger partial charge on any atom is -1.00 e. The second-order valence-corrected chi connectivity index (χ2v) is 2.48. The van der Waals surface area contributed by atoms with Crippen molar-refractivity contribution < 1.29 is 62.7 Å². The summed E-state index contributed by atoms with van der Waals surface area (Å²) in [4.78, 5) is 12.2. The average Bonchev–Trinajstić information content (AvgIpc) is 2.13. The van der Waals surface area contributed by atoms with Crippen LogP contribution in [-0.4, -0.2) is 35.6 Å². The maximum atomic E-state index is 10.4. The zero-order valence-corrected chi connectivity index (χ0v) is 9.62. The topological polar surface area (TPSA) is 40.5 Å². The van der Waals surface area contributed by atoms with E-state index in [1.807, 2.05) is 11.9 Å². The Kier molecular flexibility index (Phi) is 5.36. The number of nitrogens with zero attached hydrogens (tertiary/aromatic N) is 1. The van der Waals surface area contributed by atoms with Gasteiger partial charge in [-0.25, -0.2) is 0 Å². The van der Waals surface area contributed by atoms with E-state index in [0.717, 1.165) is 19.4 Å². The molecule has 1 rings (SSSR count). The van der Waals surface area contributed by atoms with Gasteiger partial charge in [-0.3, -0.25) is 9.69 Å². The molecule has 0 aromatic carbocycles. The van der Waals surface area contributed by atoms with Crippen LogP contribution in [0, 0.1) is 0 Å². The monoisotopic (exact) mass is 169 g/mol. The number of hydrogen-bond donors (Lipinski definition) is 1. The van der Waals surface area contributed by atoms with Crippen LogP contribution in [0.4, 0.5) is 0 Å². The number of carboxylic acids is 1. The molecular formula is C6H12KNO2. The van der Waals surface area contributed by atoms with E-state index in [0.29, 0.717) is 0 Å². The third-order valence-electron chi connectivity index (χ3n) is 1.81. The maximum absolute atomic E-state index is 10.4. The van der Waals surface area contributed by atoms with Crippen LogP contribution in [0.2, 0.25) is 0 Å². The van der Waals surface area contributed by atoms with E-state index in [1.54, 1.807) is 0 Å². The Bertz CT molecular complexity index is 134.